The number of ether oxygens (including phenoxy) is 2. The summed E-state index contributed by atoms with van der Waals surface area (Å²) >= 11 is 0. The van der Waals surface area contributed by atoms with E-state index < -0.39 is 12.1 Å². The average Bonchev–Trinajstić information content (AvgIpc) is 2.53. The van der Waals surface area contributed by atoms with Crippen LogP contribution in [-0.2, 0) is 14.3 Å². The summed E-state index contributed by atoms with van der Waals surface area (Å²) in [7, 11) is 0. The fourth-order valence-corrected chi connectivity index (χ4v) is 2.01. The SMILES string of the molecule is CCOC(=O)CNC(=O)OCC=C(C)CCC=C(C)CCC=C(C)C. The quantitative estimate of drug-likeness (QED) is 0.433. The van der Waals surface area contributed by atoms with E-state index in [1.165, 1.54) is 16.7 Å². The molecule has 0 aliphatic rings. The Morgan fingerprint density at radius 3 is 2.08 bits per heavy atom. The van der Waals surface area contributed by atoms with Crippen LogP contribution in [0.25, 0.3) is 0 Å². The number of hydrogen-bond acceptors (Lipinski definition) is 4. The fourth-order valence-electron chi connectivity index (χ4n) is 2.01. The van der Waals surface area contributed by atoms with Gasteiger partial charge in [0.05, 0.1) is 6.61 Å². The van der Waals surface area contributed by atoms with Crippen molar-refractivity contribution in [2.45, 2.75) is 60.3 Å². The van der Waals surface area contributed by atoms with Gasteiger partial charge < -0.3 is 14.8 Å². The van der Waals surface area contributed by atoms with E-state index in [1.807, 2.05) is 13.0 Å². The zero-order chi connectivity index (χ0) is 19.1. The molecule has 5 heteroatoms. The Labute approximate surface area is 152 Å². The molecule has 0 aliphatic heterocycles. The number of nitrogens with one attached hydrogen (secondary N) is 1. The van der Waals surface area contributed by atoms with Crippen LogP contribution in [0.1, 0.15) is 60.3 Å². The van der Waals surface area contributed by atoms with Gasteiger partial charge in [0.2, 0.25) is 0 Å². The molecule has 0 fully saturated rings. The highest BCUT2D eigenvalue weighted by Gasteiger charge is 2.05. The number of carbonyl (C=O) groups is 2. The molecular formula is C20H33NO4. The standard InChI is InChI=1S/C20H33NO4/c1-6-24-19(22)15-21-20(23)25-14-13-18(5)12-8-11-17(4)10-7-9-16(2)3/h9,11,13H,6-8,10,12,14-15H2,1-5H3,(H,21,23). The Morgan fingerprint density at radius 2 is 1.48 bits per heavy atom. The molecule has 1 N–H and O–H groups in total. The van der Waals surface area contributed by atoms with Crippen LogP contribution < -0.4 is 5.32 Å². The molecule has 0 heterocycles. The zero-order valence-corrected chi connectivity index (χ0v) is 16.3. The minimum Gasteiger partial charge on any atom is -0.465 e. The Kier molecular flexibility index (Phi) is 13.1. The summed E-state index contributed by atoms with van der Waals surface area (Å²) in [4.78, 5) is 22.5. The van der Waals surface area contributed by atoms with Crippen molar-refractivity contribution in [3.8, 4) is 0 Å². The molecule has 25 heavy (non-hydrogen) atoms. The first kappa shape index (κ1) is 23.0. The third-order valence-corrected chi connectivity index (χ3v) is 3.45. The van der Waals surface area contributed by atoms with Gasteiger partial charge in [0.1, 0.15) is 13.2 Å². The van der Waals surface area contributed by atoms with Crippen LogP contribution in [0.5, 0.6) is 0 Å². The lowest BCUT2D eigenvalue weighted by atomic mass is 10.1. The molecule has 0 aromatic rings. The second kappa shape index (κ2) is 14.3. The predicted molar refractivity (Wildman–Crippen MR) is 101 cm³/mol. The minimum absolute atomic E-state index is 0.174. The molecule has 0 bridgehead atoms. The van der Waals surface area contributed by atoms with Gasteiger partial charge in [0.15, 0.2) is 0 Å². The molecule has 1 amide bonds. The lowest BCUT2D eigenvalue weighted by Gasteiger charge is -2.05. The van der Waals surface area contributed by atoms with Crippen molar-refractivity contribution in [3.63, 3.8) is 0 Å². The largest absolute Gasteiger partial charge is 0.465 e. The molecule has 0 saturated heterocycles. The number of alkyl carbamates (subject to hydrolysis) is 1. The number of esters is 1. The minimum atomic E-state index is -0.618. The van der Waals surface area contributed by atoms with Gasteiger partial charge in [-0.1, -0.05) is 28.9 Å². The monoisotopic (exact) mass is 351 g/mol. The van der Waals surface area contributed by atoms with E-state index in [2.05, 4.69) is 38.2 Å². The second-order valence-corrected chi connectivity index (χ2v) is 6.22. The molecule has 0 unspecified atom stereocenters. The van der Waals surface area contributed by atoms with E-state index in [0.717, 1.165) is 25.7 Å². The molecule has 0 spiro atoms. The van der Waals surface area contributed by atoms with Crippen LogP contribution in [-0.4, -0.2) is 31.8 Å². The van der Waals surface area contributed by atoms with Crippen molar-refractivity contribution < 1.29 is 19.1 Å². The summed E-state index contributed by atoms with van der Waals surface area (Å²) in [5, 5.41) is 2.35. The Bertz CT molecular complexity index is 500. The van der Waals surface area contributed by atoms with Gasteiger partial charge in [0.25, 0.3) is 0 Å². The average molecular weight is 351 g/mol. The third kappa shape index (κ3) is 15.2. The van der Waals surface area contributed by atoms with Crippen molar-refractivity contribution >= 4 is 12.1 Å². The van der Waals surface area contributed by atoms with Gasteiger partial charge in [-0.2, -0.15) is 0 Å². The normalized spacial score (nSPS) is 11.7. The highest BCUT2D eigenvalue weighted by molar-refractivity contribution is 5.77. The van der Waals surface area contributed by atoms with Crippen LogP contribution in [0.4, 0.5) is 4.79 Å². The van der Waals surface area contributed by atoms with Gasteiger partial charge in [-0.25, -0.2) is 4.79 Å². The molecular weight excluding hydrogens is 318 g/mol. The lowest BCUT2D eigenvalue weighted by molar-refractivity contribution is -0.141. The zero-order valence-electron chi connectivity index (χ0n) is 16.3. The van der Waals surface area contributed by atoms with E-state index >= 15 is 0 Å². The molecule has 0 saturated carbocycles. The maximum absolute atomic E-state index is 11.4. The summed E-state index contributed by atoms with van der Waals surface area (Å²) in [6, 6.07) is 0. The molecule has 0 aromatic heterocycles. The maximum atomic E-state index is 11.4. The Balaban J connectivity index is 3.92. The smallest absolute Gasteiger partial charge is 0.407 e. The van der Waals surface area contributed by atoms with Crippen molar-refractivity contribution in [2.24, 2.45) is 0 Å². The van der Waals surface area contributed by atoms with Crippen LogP contribution in [0.15, 0.2) is 34.9 Å². The van der Waals surface area contributed by atoms with E-state index in [4.69, 9.17) is 9.47 Å². The molecule has 0 rings (SSSR count). The van der Waals surface area contributed by atoms with Crippen molar-refractivity contribution in [1.29, 1.82) is 0 Å². The number of amides is 1. The first-order valence-corrected chi connectivity index (χ1v) is 8.86. The summed E-state index contributed by atoms with van der Waals surface area (Å²) in [6.07, 6.45) is 9.90. The summed E-state index contributed by atoms with van der Waals surface area (Å²) < 4.78 is 9.69. The summed E-state index contributed by atoms with van der Waals surface area (Å²) in [5.74, 6) is -0.474. The topological polar surface area (TPSA) is 64.6 Å². The highest BCUT2D eigenvalue weighted by Crippen LogP contribution is 2.11. The van der Waals surface area contributed by atoms with Gasteiger partial charge in [-0.15, -0.1) is 0 Å². The molecule has 0 atom stereocenters. The number of rotatable bonds is 11. The second-order valence-electron chi connectivity index (χ2n) is 6.22. The number of allylic oxidation sites excluding steroid dienone is 5. The Morgan fingerprint density at radius 1 is 0.880 bits per heavy atom. The molecule has 0 aliphatic carbocycles. The first-order valence-electron chi connectivity index (χ1n) is 8.86. The highest BCUT2D eigenvalue weighted by atomic mass is 16.6. The van der Waals surface area contributed by atoms with Crippen LogP contribution >= 0.6 is 0 Å². The van der Waals surface area contributed by atoms with Gasteiger partial charge >= 0.3 is 12.1 Å². The lowest BCUT2D eigenvalue weighted by Crippen LogP contribution is -2.31. The van der Waals surface area contributed by atoms with E-state index in [1.54, 1.807) is 6.92 Å². The van der Waals surface area contributed by atoms with Crippen LogP contribution in [0.3, 0.4) is 0 Å². The molecule has 142 valence electrons. The van der Waals surface area contributed by atoms with Gasteiger partial charge in [-0.05, 0) is 66.4 Å². The molecule has 0 aromatic carbocycles. The number of hydrogen-bond donors (Lipinski definition) is 1. The van der Waals surface area contributed by atoms with Crippen molar-refractivity contribution in [3.05, 3.63) is 34.9 Å². The predicted octanol–water partition coefficient (Wildman–Crippen LogP) is 4.69. The summed E-state index contributed by atoms with van der Waals surface area (Å²) in [6.45, 7) is 10.4. The van der Waals surface area contributed by atoms with Gasteiger partial charge in [-0.3, -0.25) is 4.79 Å². The summed E-state index contributed by atoms with van der Waals surface area (Å²) in [5.41, 5.74) is 3.93. The van der Waals surface area contributed by atoms with Crippen LogP contribution in [0.2, 0.25) is 0 Å². The van der Waals surface area contributed by atoms with Crippen molar-refractivity contribution in [2.75, 3.05) is 19.8 Å². The Hall–Kier alpha value is -2.04. The van der Waals surface area contributed by atoms with Crippen LogP contribution in [0, 0.1) is 0 Å². The van der Waals surface area contributed by atoms with E-state index in [0.29, 0.717) is 6.61 Å². The fraction of sp³-hybridized carbons (Fsp3) is 0.600. The van der Waals surface area contributed by atoms with Gasteiger partial charge in [0, 0.05) is 0 Å². The maximum Gasteiger partial charge on any atom is 0.407 e. The van der Waals surface area contributed by atoms with E-state index in [9.17, 15) is 9.59 Å². The number of carbonyl (C=O) groups excluding carboxylic acids is 2. The van der Waals surface area contributed by atoms with Crippen molar-refractivity contribution in [1.82, 2.24) is 5.32 Å². The molecule has 5 nitrogen and oxygen atoms in total. The van der Waals surface area contributed by atoms with E-state index in [-0.39, 0.29) is 13.2 Å². The first-order chi connectivity index (χ1) is 11.8. The molecule has 0 radical (unpaired) electrons. The third-order valence-electron chi connectivity index (χ3n) is 3.45.